The van der Waals surface area contributed by atoms with Crippen LogP contribution in [0.3, 0.4) is 0 Å². The number of ether oxygens (including phenoxy) is 1. The summed E-state index contributed by atoms with van der Waals surface area (Å²) in [6, 6.07) is 17.1. The highest BCUT2D eigenvalue weighted by Gasteiger charge is 2.18. The third-order valence-corrected chi connectivity index (χ3v) is 4.35. The molecule has 0 saturated heterocycles. The van der Waals surface area contributed by atoms with Crippen LogP contribution >= 0.6 is 12.4 Å². The molecule has 0 bridgehead atoms. The molecule has 0 aliphatic heterocycles. The van der Waals surface area contributed by atoms with Crippen LogP contribution in [0.5, 0.6) is 5.75 Å². The lowest BCUT2D eigenvalue weighted by atomic mass is 9.84. The van der Waals surface area contributed by atoms with E-state index < -0.39 is 0 Å². The Morgan fingerprint density at radius 1 is 1.09 bits per heavy atom. The van der Waals surface area contributed by atoms with Crippen LogP contribution in [0, 0.1) is 5.92 Å². The molecule has 22 heavy (non-hydrogen) atoms. The molecule has 2 nitrogen and oxygen atoms in total. The Bertz CT molecular complexity index is 585. The zero-order valence-electron chi connectivity index (χ0n) is 13.0. The molecular formula is C19H24ClNO. The third kappa shape index (κ3) is 4.25. The second-order valence-corrected chi connectivity index (χ2v) is 5.86. The average Bonchev–Trinajstić information content (AvgIpc) is 2.55. The van der Waals surface area contributed by atoms with Gasteiger partial charge in [0.25, 0.3) is 0 Å². The Kier molecular flexibility index (Phi) is 6.29. The minimum absolute atomic E-state index is 0. The first-order chi connectivity index (χ1) is 10.3. The summed E-state index contributed by atoms with van der Waals surface area (Å²) < 4.78 is 5.31. The summed E-state index contributed by atoms with van der Waals surface area (Å²) in [6.45, 7) is 2.06. The number of halogens is 1. The minimum atomic E-state index is 0. The Labute approximate surface area is 139 Å². The summed E-state index contributed by atoms with van der Waals surface area (Å²) >= 11 is 0. The smallest absolute Gasteiger partial charge is 0.119 e. The molecule has 1 aliphatic rings. The SMILES string of the molecule is COc1ccc2c(c1)CCC(CNCc1ccccc1)C2.Cl. The fourth-order valence-corrected chi connectivity index (χ4v) is 3.12. The molecular weight excluding hydrogens is 294 g/mol. The van der Waals surface area contributed by atoms with Gasteiger partial charge in [-0.3, -0.25) is 0 Å². The van der Waals surface area contributed by atoms with Gasteiger partial charge in [-0.25, -0.2) is 0 Å². The largest absolute Gasteiger partial charge is 0.497 e. The first kappa shape index (κ1) is 16.9. The van der Waals surface area contributed by atoms with Crippen LogP contribution in [-0.4, -0.2) is 13.7 Å². The average molecular weight is 318 g/mol. The first-order valence-corrected chi connectivity index (χ1v) is 7.75. The van der Waals surface area contributed by atoms with Crippen molar-refractivity contribution < 1.29 is 4.74 Å². The van der Waals surface area contributed by atoms with Gasteiger partial charge < -0.3 is 10.1 Å². The summed E-state index contributed by atoms with van der Waals surface area (Å²) in [6.07, 6.45) is 3.62. The fourth-order valence-electron chi connectivity index (χ4n) is 3.12. The summed E-state index contributed by atoms with van der Waals surface area (Å²) in [7, 11) is 1.74. The summed E-state index contributed by atoms with van der Waals surface area (Å²) in [5.74, 6) is 1.73. The van der Waals surface area contributed by atoms with Crippen molar-refractivity contribution in [3.63, 3.8) is 0 Å². The number of benzene rings is 2. The maximum atomic E-state index is 5.31. The molecule has 0 radical (unpaired) electrons. The molecule has 0 spiro atoms. The molecule has 1 atom stereocenters. The van der Waals surface area contributed by atoms with Gasteiger partial charge in [0, 0.05) is 6.54 Å². The minimum Gasteiger partial charge on any atom is -0.497 e. The van der Waals surface area contributed by atoms with E-state index in [-0.39, 0.29) is 12.4 Å². The maximum Gasteiger partial charge on any atom is 0.119 e. The topological polar surface area (TPSA) is 21.3 Å². The Hall–Kier alpha value is -1.51. The molecule has 1 aliphatic carbocycles. The number of rotatable bonds is 5. The van der Waals surface area contributed by atoms with Gasteiger partial charge in [-0.05, 0) is 60.5 Å². The Balaban J connectivity index is 0.00000176. The predicted molar refractivity (Wildman–Crippen MR) is 93.9 cm³/mol. The van der Waals surface area contributed by atoms with E-state index in [1.54, 1.807) is 7.11 Å². The molecule has 0 aromatic heterocycles. The van der Waals surface area contributed by atoms with E-state index in [2.05, 4.69) is 53.8 Å². The lowest BCUT2D eigenvalue weighted by molar-refractivity contribution is 0.406. The van der Waals surface area contributed by atoms with Crippen LogP contribution in [0.25, 0.3) is 0 Å². The molecule has 0 fully saturated rings. The van der Waals surface area contributed by atoms with E-state index in [9.17, 15) is 0 Å². The van der Waals surface area contributed by atoms with Gasteiger partial charge in [0.2, 0.25) is 0 Å². The normalized spacial score (nSPS) is 16.5. The van der Waals surface area contributed by atoms with Crippen molar-refractivity contribution >= 4 is 12.4 Å². The van der Waals surface area contributed by atoms with E-state index in [0.717, 1.165) is 24.8 Å². The standard InChI is InChI=1S/C19H23NO.ClH/c1-21-19-10-9-17-11-16(7-8-18(17)12-19)14-20-13-15-5-3-2-4-6-15;/h2-6,9-10,12,16,20H,7-8,11,13-14H2,1H3;1H. The van der Waals surface area contributed by atoms with Crippen molar-refractivity contribution in [1.82, 2.24) is 5.32 Å². The molecule has 3 heteroatoms. The van der Waals surface area contributed by atoms with E-state index in [0.29, 0.717) is 0 Å². The van der Waals surface area contributed by atoms with Gasteiger partial charge in [0.1, 0.15) is 5.75 Å². The number of nitrogens with one attached hydrogen (secondary N) is 1. The van der Waals surface area contributed by atoms with Crippen LogP contribution < -0.4 is 10.1 Å². The maximum absolute atomic E-state index is 5.31. The second-order valence-electron chi connectivity index (χ2n) is 5.86. The van der Waals surface area contributed by atoms with Crippen LogP contribution in [0.15, 0.2) is 48.5 Å². The Morgan fingerprint density at radius 2 is 1.91 bits per heavy atom. The van der Waals surface area contributed by atoms with Crippen LogP contribution in [0.1, 0.15) is 23.1 Å². The van der Waals surface area contributed by atoms with E-state index >= 15 is 0 Å². The van der Waals surface area contributed by atoms with Crippen LogP contribution in [0.4, 0.5) is 0 Å². The molecule has 1 unspecified atom stereocenters. The highest BCUT2D eigenvalue weighted by atomic mass is 35.5. The first-order valence-electron chi connectivity index (χ1n) is 7.75. The number of methoxy groups -OCH3 is 1. The zero-order valence-corrected chi connectivity index (χ0v) is 13.9. The quantitative estimate of drug-likeness (QED) is 0.899. The van der Waals surface area contributed by atoms with Gasteiger partial charge in [-0.15, -0.1) is 12.4 Å². The van der Waals surface area contributed by atoms with Crippen molar-refractivity contribution in [2.24, 2.45) is 5.92 Å². The van der Waals surface area contributed by atoms with Crippen molar-refractivity contribution in [1.29, 1.82) is 0 Å². The van der Waals surface area contributed by atoms with Gasteiger partial charge in [0.15, 0.2) is 0 Å². The molecule has 0 amide bonds. The summed E-state index contributed by atoms with van der Waals surface area (Å²) in [4.78, 5) is 0. The third-order valence-electron chi connectivity index (χ3n) is 4.35. The van der Waals surface area contributed by atoms with E-state index in [4.69, 9.17) is 4.74 Å². The molecule has 3 rings (SSSR count). The summed E-state index contributed by atoms with van der Waals surface area (Å²) in [5, 5.41) is 3.60. The fraction of sp³-hybridized carbons (Fsp3) is 0.368. The molecule has 0 heterocycles. The van der Waals surface area contributed by atoms with Crippen LogP contribution in [-0.2, 0) is 19.4 Å². The zero-order chi connectivity index (χ0) is 14.5. The summed E-state index contributed by atoms with van der Waals surface area (Å²) in [5.41, 5.74) is 4.32. The van der Waals surface area contributed by atoms with Crippen LogP contribution in [0.2, 0.25) is 0 Å². The molecule has 1 N–H and O–H groups in total. The predicted octanol–water partition coefficient (Wildman–Crippen LogP) is 4.01. The highest BCUT2D eigenvalue weighted by molar-refractivity contribution is 5.85. The number of fused-ring (bicyclic) bond motifs is 1. The Morgan fingerprint density at radius 3 is 2.68 bits per heavy atom. The second kappa shape index (κ2) is 8.21. The van der Waals surface area contributed by atoms with Crippen molar-refractivity contribution in [2.45, 2.75) is 25.8 Å². The highest BCUT2D eigenvalue weighted by Crippen LogP contribution is 2.28. The van der Waals surface area contributed by atoms with Gasteiger partial charge in [-0.1, -0.05) is 36.4 Å². The van der Waals surface area contributed by atoms with Gasteiger partial charge in [0.05, 0.1) is 7.11 Å². The molecule has 118 valence electrons. The molecule has 2 aromatic rings. The van der Waals surface area contributed by atoms with Crippen molar-refractivity contribution in [2.75, 3.05) is 13.7 Å². The number of aryl methyl sites for hydroxylation is 1. The molecule has 0 saturated carbocycles. The van der Waals surface area contributed by atoms with E-state index in [1.807, 2.05) is 0 Å². The van der Waals surface area contributed by atoms with Crippen molar-refractivity contribution in [3.05, 3.63) is 65.2 Å². The van der Waals surface area contributed by atoms with Gasteiger partial charge in [-0.2, -0.15) is 0 Å². The molecule has 2 aromatic carbocycles. The van der Waals surface area contributed by atoms with Crippen molar-refractivity contribution in [3.8, 4) is 5.75 Å². The monoisotopic (exact) mass is 317 g/mol. The number of hydrogen-bond acceptors (Lipinski definition) is 2. The van der Waals surface area contributed by atoms with E-state index in [1.165, 1.54) is 36.0 Å². The lowest BCUT2D eigenvalue weighted by Gasteiger charge is -2.25. The van der Waals surface area contributed by atoms with Gasteiger partial charge >= 0.3 is 0 Å². The lowest BCUT2D eigenvalue weighted by Crippen LogP contribution is -2.27. The number of hydrogen-bond donors (Lipinski definition) is 1.